The molecular weight excluding hydrogens is 749 g/mol. The van der Waals surface area contributed by atoms with Crippen molar-refractivity contribution in [2.24, 2.45) is 7.05 Å². The maximum atomic E-state index is 14.4. The van der Waals surface area contributed by atoms with Crippen molar-refractivity contribution < 1.29 is 18.3 Å². The minimum absolute atomic E-state index is 0.227. The van der Waals surface area contributed by atoms with Gasteiger partial charge in [-0.25, -0.2) is 33.4 Å². The summed E-state index contributed by atoms with van der Waals surface area (Å²) in [7, 11) is 1.76. The lowest BCUT2D eigenvalue weighted by atomic mass is 10.0. The number of nitrogens with one attached hydrogen (secondary N) is 2. The van der Waals surface area contributed by atoms with Crippen LogP contribution in [0.1, 0.15) is 33.6 Å². The zero-order chi connectivity index (χ0) is 39.8. The lowest BCUT2D eigenvalue weighted by Gasteiger charge is -2.12. The predicted octanol–water partition coefficient (Wildman–Crippen LogP) is 4.83. The van der Waals surface area contributed by atoms with Crippen LogP contribution in [0.4, 0.5) is 20.7 Å². The Labute approximate surface area is 327 Å². The lowest BCUT2D eigenvalue weighted by Crippen LogP contribution is -2.10. The van der Waals surface area contributed by atoms with Crippen LogP contribution in [-0.4, -0.2) is 67.1 Å². The number of nitriles is 2. The van der Waals surface area contributed by atoms with Gasteiger partial charge in [0.2, 0.25) is 11.9 Å². The van der Waals surface area contributed by atoms with E-state index in [-0.39, 0.29) is 36.1 Å². The van der Waals surface area contributed by atoms with Gasteiger partial charge in [-0.3, -0.25) is 8.80 Å². The third-order valence-electron chi connectivity index (χ3n) is 9.78. The number of ether oxygens (including phenoxy) is 2. The summed E-state index contributed by atoms with van der Waals surface area (Å²) in [6, 6.07) is 13.8. The maximum absolute atomic E-state index is 14.4. The average molecular weight is 778 g/mol. The molecule has 286 valence electrons. The van der Waals surface area contributed by atoms with E-state index in [0.29, 0.717) is 88.6 Å². The van der Waals surface area contributed by atoms with Crippen molar-refractivity contribution >= 4 is 23.2 Å². The van der Waals surface area contributed by atoms with E-state index in [2.05, 4.69) is 51.1 Å². The first-order chi connectivity index (χ1) is 28.4. The molecule has 10 rings (SSSR count). The second-order valence-electron chi connectivity index (χ2n) is 13.1. The molecule has 0 unspecified atom stereocenters. The third kappa shape index (κ3) is 6.45. The van der Waals surface area contributed by atoms with Crippen molar-refractivity contribution in [3.05, 3.63) is 119 Å². The Bertz CT molecular complexity index is 2950. The van der Waals surface area contributed by atoms with Crippen molar-refractivity contribution in [1.82, 2.24) is 53.9 Å². The fourth-order valence-electron chi connectivity index (χ4n) is 7.01. The molecule has 58 heavy (non-hydrogen) atoms. The van der Waals surface area contributed by atoms with Crippen LogP contribution in [0.2, 0.25) is 0 Å². The molecule has 0 spiro atoms. The van der Waals surface area contributed by atoms with Gasteiger partial charge in [-0.15, -0.1) is 5.10 Å². The summed E-state index contributed by atoms with van der Waals surface area (Å²) < 4.78 is 44.8. The number of hydrogen-bond acceptors (Lipinski definition) is 14. The molecule has 0 bridgehead atoms. The van der Waals surface area contributed by atoms with Crippen LogP contribution < -0.4 is 20.1 Å². The highest BCUT2D eigenvalue weighted by Gasteiger charge is 2.22. The smallest absolute Gasteiger partial charge is 0.208 e. The molecule has 2 aromatic carbocycles. The standard InChI is InChI=1S/C20H14FN7O.C19H15FN8O/c21-16-3-4-18-13(5-7-29-18)14(16)9-23-20-24-10-15(17-2-1-6-25-27-17)19-26-12(8-22)11-28(19)20;1-27-16(9-24-26-27)14-8-23-19(28-10-11(6-21)25-18(14)28)22-7-13-12-4-5-29-17(12)3-2-15(13)20/h1-4,6,10-11H,5,7,9H2,(H,23,24);2-3,8-10H,4-5,7H2,1H3,(H,22,23). The molecule has 8 heterocycles. The Balaban J connectivity index is 0.000000150. The lowest BCUT2D eigenvalue weighted by molar-refractivity contribution is 0.356. The van der Waals surface area contributed by atoms with Gasteiger partial charge in [0, 0.05) is 73.8 Å². The molecule has 19 heteroatoms. The van der Waals surface area contributed by atoms with Crippen molar-refractivity contribution in [1.29, 1.82) is 10.5 Å². The predicted molar refractivity (Wildman–Crippen MR) is 202 cm³/mol. The molecule has 0 amide bonds. The van der Waals surface area contributed by atoms with E-state index in [9.17, 15) is 19.3 Å². The summed E-state index contributed by atoms with van der Waals surface area (Å²) in [6.07, 6.45) is 10.9. The Morgan fingerprint density at radius 2 is 1.31 bits per heavy atom. The Kier molecular flexibility index (Phi) is 9.14. The topological polar surface area (TPSA) is 207 Å². The zero-order valence-electron chi connectivity index (χ0n) is 30.6. The second kappa shape index (κ2) is 14.9. The number of aromatic nitrogens is 11. The first kappa shape index (κ1) is 35.6. The Morgan fingerprint density at radius 1 is 0.741 bits per heavy atom. The van der Waals surface area contributed by atoms with E-state index in [1.54, 1.807) is 82.0 Å². The van der Waals surface area contributed by atoms with Crippen LogP contribution in [0.5, 0.6) is 11.5 Å². The molecule has 0 radical (unpaired) electrons. The fourth-order valence-corrected chi connectivity index (χ4v) is 7.01. The first-order valence-electron chi connectivity index (χ1n) is 17.9. The van der Waals surface area contributed by atoms with Crippen LogP contribution in [0.25, 0.3) is 33.8 Å². The minimum atomic E-state index is -0.294. The van der Waals surface area contributed by atoms with Gasteiger partial charge >= 0.3 is 0 Å². The SMILES string of the molecule is Cn1nncc1-c1cnc(NCc2c(F)ccc3c2CCO3)n2cc(C#N)nc12.N#Cc1cn2c(NCc3c(F)ccc4c3CCO4)ncc(-c3cccnn3)c2n1. The maximum Gasteiger partial charge on any atom is 0.208 e. The largest absolute Gasteiger partial charge is 0.493 e. The Hall–Kier alpha value is -8.06. The molecule has 6 aromatic heterocycles. The van der Waals surface area contributed by atoms with Gasteiger partial charge in [-0.05, 0) is 36.4 Å². The van der Waals surface area contributed by atoms with E-state index in [1.807, 2.05) is 12.1 Å². The molecule has 0 saturated heterocycles. The summed E-state index contributed by atoms with van der Waals surface area (Å²) >= 11 is 0. The normalized spacial score (nSPS) is 12.5. The van der Waals surface area contributed by atoms with Crippen molar-refractivity contribution in [3.8, 4) is 46.2 Å². The summed E-state index contributed by atoms with van der Waals surface area (Å²) in [5.41, 5.74) is 7.02. The van der Waals surface area contributed by atoms with Crippen LogP contribution in [0.15, 0.2) is 73.6 Å². The summed E-state index contributed by atoms with van der Waals surface area (Å²) in [6.45, 7) is 1.56. The molecule has 8 aromatic rings. The zero-order valence-corrected chi connectivity index (χ0v) is 30.6. The molecule has 0 fully saturated rings. The minimum Gasteiger partial charge on any atom is -0.493 e. The third-order valence-corrected chi connectivity index (χ3v) is 9.78. The van der Waals surface area contributed by atoms with E-state index in [1.165, 1.54) is 12.1 Å². The molecule has 2 aliphatic heterocycles. The number of hydrogen-bond donors (Lipinski definition) is 2. The summed E-state index contributed by atoms with van der Waals surface area (Å²) in [5, 5.41) is 40.7. The van der Waals surface area contributed by atoms with Gasteiger partial charge in [0.05, 0.1) is 54.3 Å². The molecule has 0 aliphatic carbocycles. The van der Waals surface area contributed by atoms with Crippen molar-refractivity contribution in [2.75, 3.05) is 23.8 Å². The fraction of sp³-hybridized carbons (Fsp3) is 0.179. The summed E-state index contributed by atoms with van der Waals surface area (Å²) in [4.78, 5) is 17.7. The number of fused-ring (bicyclic) bond motifs is 4. The molecular formula is C39H29F2N15O2. The molecule has 2 aliphatic rings. The van der Waals surface area contributed by atoms with Gasteiger partial charge in [-0.1, -0.05) is 5.21 Å². The van der Waals surface area contributed by atoms with Gasteiger partial charge in [0.1, 0.15) is 35.3 Å². The monoisotopic (exact) mass is 777 g/mol. The molecule has 17 nitrogen and oxygen atoms in total. The number of rotatable bonds is 8. The van der Waals surface area contributed by atoms with E-state index in [4.69, 9.17) is 9.47 Å². The number of aryl methyl sites for hydroxylation is 1. The molecule has 0 saturated carbocycles. The number of nitrogens with zero attached hydrogens (tertiary/aromatic N) is 13. The molecule has 0 atom stereocenters. The highest BCUT2D eigenvalue weighted by atomic mass is 19.1. The van der Waals surface area contributed by atoms with Crippen LogP contribution in [-0.2, 0) is 33.0 Å². The molecule has 2 N–H and O–H groups in total. The van der Waals surface area contributed by atoms with Crippen LogP contribution in [0, 0.1) is 34.3 Å². The number of benzene rings is 2. The van der Waals surface area contributed by atoms with E-state index < -0.39 is 0 Å². The highest BCUT2D eigenvalue weighted by molar-refractivity contribution is 5.77. The van der Waals surface area contributed by atoms with Gasteiger partial charge in [-0.2, -0.15) is 20.7 Å². The first-order valence-corrected chi connectivity index (χ1v) is 17.9. The number of imidazole rings is 2. The average Bonchev–Trinajstić information content (AvgIpc) is 4.11. The van der Waals surface area contributed by atoms with E-state index in [0.717, 1.165) is 16.9 Å². The quantitative estimate of drug-likeness (QED) is 0.212. The van der Waals surface area contributed by atoms with Crippen LogP contribution >= 0.6 is 0 Å². The van der Waals surface area contributed by atoms with Crippen molar-refractivity contribution in [2.45, 2.75) is 25.9 Å². The number of anilines is 2. The van der Waals surface area contributed by atoms with Gasteiger partial charge in [0.15, 0.2) is 22.7 Å². The Morgan fingerprint density at radius 3 is 1.83 bits per heavy atom. The second-order valence-corrected chi connectivity index (χ2v) is 13.1. The van der Waals surface area contributed by atoms with Gasteiger partial charge in [0.25, 0.3) is 0 Å². The van der Waals surface area contributed by atoms with Gasteiger partial charge < -0.3 is 20.1 Å². The number of halogens is 2. The van der Waals surface area contributed by atoms with Crippen molar-refractivity contribution in [3.63, 3.8) is 0 Å². The van der Waals surface area contributed by atoms with Crippen LogP contribution in [0.3, 0.4) is 0 Å². The summed E-state index contributed by atoms with van der Waals surface area (Å²) in [5.74, 6) is 1.74. The highest BCUT2D eigenvalue weighted by Crippen LogP contribution is 2.33. The van der Waals surface area contributed by atoms with E-state index >= 15 is 0 Å².